The Labute approximate surface area is 85.7 Å². The molecule has 0 amide bonds. The van der Waals surface area contributed by atoms with Gasteiger partial charge >= 0.3 is 0 Å². The van der Waals surface area contributed by atoms with Crippen LogP contribution < -0.4 is 5.32 Å². The van der Waals surface area contributed by atoms with E-state index in [1.165, 1.54) is 18.4 Å². The van der Waals surface area contributed by atoms with Gasteiger partial charge in [0.2, 0.25) is 0 Å². The Morgan fingerprint density at radius 2 is 2.07 bits per heavy atom. The van der Waals surface area contributed by atoms with Crippen LogP contribution in [0.4, 0.5) is 0 Å². The van der Waals surface area contributed by atoms with E-state index in [1.54, 1.807) is 0 Å². The highest BCUT2D eigenvalue weighted by Gasteiger charge is 2.27. The molecule has 1 heterocycles. The molecule has 1 aromatic heterocycles. The van der Waals surface area contributed by atoms with Crippen LogP contribution in [0.2, 0.25) is 0 Å². The number of nitrogens with zero attached hydrogens (tertiary/aromatic N) is 1. The fourth-order valence-electron chi connectivity index (χ4n) is 1.98. The molecule has 0 bridgehead atoms. The number of rotatable bonds is 3. The second-order valence-corrected chi connectivity index (χ2v) is 4.33. The van der Waals surface area contributed by atoms with Crippen LogP contribution in [0.15, 0.2) is 24.5 Å². The van der Waals surface area contributed by atoms with Crippen molar-refractivity contribution in [3.8, 4) is 0 Å². The average Bonchev–Trinajstić information content (AvgIpc) is 2.24. The molecule has 2 nitrogen and oxygen atoms in total. The van der Waals surface area contributed by atoms with Crippen LogP contribution in [0, 0.1) is 5.92 Å². The standard InChI is InChI=1S/C12H18N2/c1-9-3-4-12(9)14-10(2)11-5-7-13-8-6-11/h5-10,12,14H,3-4H2,1-2H3/t9?,10-,12?/m1/s1. The normalized spacial score (nSPS) is 28.1. The fraction of sp³-hybridized carbons (Fsp3) is 0.583. The molecule has 0 saturated heterocycles. The third-order valence-electron chi connectivity index (χ3n) is 3.29. The Hall–Kier alpha value is -0.890. The van der Waals surface area contributed by atoms with Gasteiger partial charge in [-0.2, -0.15) is 0 Å². The maximum atomic E-state index is 4.03. The molecule has 1 saturated carbocycles. The SMILES string of the molecule is CC1CCC1N[C@H](C)c1ccncc1. The molecule has 1 aromatic rings. The summed E-state index contributed by atoms with van der Waals surface area (Å²) in [6.07, 6.45) is 6.42. The van der Waals surface area contributed by atoms with Gasteiger partial charge in [0.1, 0.15) is 0 Å². The summed E-state index contributed by atoms with van der Waals surface area (Å²) in [5.41, 5.74) is 1.33. The number of hydrogen-bond acceptors (Lipinski definition) is 2. The molecule has 2 unspecified atom stereocenters. The summed E-state index contributed by atoms with van der Waals surface area (Å²) in [5.74, 6) is 0.847. The fourth-order valence-corrected chi connectivity index (χ4v) is 1.98. The minimum Gasteiger partial charge on any atom is -0.307 e. The highest BCUT2D eigenvalue weighted by molar-refractivity contribution is 5.14. The molecule has 2 heteroatoms. The largest absolute Gasteiger partial charge is 0.307 e. The summed E-state index contributed by atoms with van der Waals surface area (Å²) in [7, 11) is 0. The maximum Gasteiger partial charge on any atom is 0.0295 e. The van der Waals surface area contributed by atoms with E-state index in [2.05, 4.69) is 36.3 Å². The van der Waals surface area contributed by atoms with Crippen LogP contribution in [0.1, 0.15) is 38.3 Å². The predicted octanol–water partition coefficient (Wildman–Crippen LogP) is 2.53. The summed E-state index contributed by atoms with van der Waals surface area (Å²) in [4.78, 5) is 4.03. The third-order valence-corrected chi connectivity index (χ3v) is 3.29. The zero-order chi connectivity index (χ0) is 9.97. The van der Waals surface area contributed by atoms with Gasteiger partial charge in [-0.15, -0.1) is 0 Å². The van der Waals surface area contributed by atoms with Gasteiger partial charge in [0.15, 0.2) is 0 Å². The molecule has 0 spiro atoms. The van der Waals surface area contributed by atoms with E-state index in [4.69, 9.17) is 0 Å². The maximum absolute atomic E-state index is 4.03. The van der Waals surface area contributed by atoms with E-state index in [-0.39, 0.29) is 0 Å². The second kappa shape index (κ2) is 4.09. The first-order valence-electron chi connectivity index (χ1n) is 5.43. The smallest absolute Gasteiger partial charge is 0.0295 e. The lowest BCUT2D eigenvalue weighted by atomic mass is 9.80. The number of aromatic nitrogens is 1. The van der Waals surface area contributed by atoms with E-state index >= 15 is 0 Å². The molecular formula is C12H18N2. The molecule has 0 radical (unpaired) electrons. The molecule has 76 valence electrons. The second-order valence-electron chi connectivity index (χ2n) is 4.33. The molecule has 2 rings (SSSR count). The first-order chi connectivity index (χ1) is 6.77. The minimum absolute atomic E-state index is 0.450. The van der Waals surface area contributed by atoms with Crippen LogP contribution >= 0.6 is 0 Å². The van der Waals surface area contributed by atoms with Crippen molar-refractivity contribution in [2.24, 2.45) is 5.92 Å². The Balaban J connectivity index is 1.92. The van der Waals surface area contributed by atoms with Crippen molar-refractivity contribution in [1.29, 1.82) is 0 Å². The van der Waals surface area contributed by atoms with Gasteiger partial charge in [-0.1, -0.05) is 6.92 Å². The summed E-state index contributed by atoms with van der Waals surface area (Å²) >= 11 is 0. The zero-order valence-corrected chi connectivity index (χ0v) is 8.90. The Kier molecular flexibility index (Phi) is 2.82. The minimum atomic E-state index is 0.450. The molecular weight excluding hydrogens is 172 g/mol. The Bertz CT molecular complexity index is 284. The van der Waals surface area contributed by atoms with Crippen molar-refractivity contribution in [2.45, 2.75) is 38.8 Å². The molecule has 0 aromatic carbocycles. The van der Waals surface area contributed by atoms with Crippen LogP contribution in [-0.4, -0.2) is 11.0 Å². The number of pyridine rings is 1. The molecule has 1 N–H and O–H groups in total. The average molecular weight is 190 g/mol. The van der Waals surface area contributed by atoms with Crippen molar-refractivity contribution in [1.82, 2.24) is 10.3 Å². The van der Waals surface area contributed by atoms with Gasteiger partial charge in [0, 0.05) is 24.5 Å². The number of nitrogens with one attached hydrogen (secondary N) is 1. The van der Waals surface area contributed by atoms with E-state index in [0.717, 1.165) is 12.0 Å². The lowest BCUT2D eigenvalue weighted by Crippen LogP contribution is -2.43. The third kappa shape index (κ3) is 1.95. The zero-order valence-electron chi connectivity index (χ0n) is 8.90. The van der Waals surface area contributed by atoms with Gasteiger partial charge in [0.25, 0.3) is 0 Å². The van der Waals surface area contributed by atoms with Crippen LogP contribution in [0.5, 0.6) is 0 Å². The first kappa shape index (κ1) is 9.66. The summed E-state index contributed by atoms with van der Waals surface area (Å²) in [5, 5.41) is 3.65. The van der Waals surface area contributed by atoms with E-state index in [1.807, 2.05) is 12.4 Å². The van der Waals surface area contributed by atoms with Crippen molar-refractivity contribution >= 4 is 0 Å². The van der Waals surface area contributed by atoms with Crippen molar-refractivity contribution in [3.63, 3.8) is 0 Å². The lowest BCUT2D eigenvalue weighted by Gasteiger charge is -2.37. The topological polar surface area (TPSA) is 24.9 Å². The molecule has 0 aliphatic heterocycles. The molecule has 1 fully saturated rings. The molecule has 3 atom stereocenters. The van der Waals surface area contributed by atoms with E-state index in [0.29, 0.717) is 6.04 Å². The van der Waals surface area contributed by atoms with E-state index in [9.17, 15) is 0 Å². The highest BCUT2D eigenvalue weighted by Crippen LogP contribution is 2.28. The number of hydrogen-bond donors (Lipinski definition) is 1. The van der Waals surface area contributed by atoms with Crippen molar-refractivity contribution in [2.75, 3.05) is 0 Å². The van der Waals surface area contributed by atoms with Crippen molar-refractivity contribution in [3.05, 3.63) is 30.1 Å². The quantitative estimate of drug-likeness (QED) is 0.792. The van der Waals surface area contributed by atoms with Gasteiger partial charge in [-0.05, 0) is 43.4 Å². The molecule has 1 aliphatic rings. The monoisotopic (exact) mass is 190 g/mol. The van der Waals surface area contributed by atoms with E-state index < -0.39 is 0 Å². The van der Waals surface area contributed by atoms with Crippen molar-refractivity contribution < 1.29 is 0 Å². The lowest BCUT2D eigenvalue weighted by molar-refractivity contribution is 0.214. The summed E-state index contributed by atoms with van der Waals surface area (Å²) in [6.45, 7) is 4.54. The van der Waals surface area contributed by atoms with Gasteiger partial charge in [-0.25, -0.2) is 0 Å². The first-order valence-corrected chi connectivity index (χ1v) is 5.43. The van der Waals surface area contributed by atoms with Gasteiger partial charge in [-0.3, -0.25) is 4.98 Å². The van der Waals surface area contributed by atoms with Gasteiger partial charge in [0.05, 0.1) is 0 Å². The molecule has 14 heavy (non-hydrogen) atoms. The molecule has 1 aliphatic carbocycles. The summed E-state index contributed by atoms with van der Waals surface area (Å²) < 4.78 is 0. The van der Waals surface area contributed by atoms with Crippen LogP contribution in [0.3, 0.4) is 0 Å². The van der Waals surface area contributed by atoms with Gasteiger partial charge < -0.3 is 5.32 Å². The Morgan fingerprint density at radius 1 is 1.36 bits per heavy atom. The Morgan fingerprint density at radius 3 is 2.57 bits per heavy atom. The predicted molar refractivity (Wildman–Crippen MR) is 58.0 cm³/mol. The van der Waals surface area contributed by atoms with Crippen LogP contribution in [0.25, 0.3) is 0 Å². The van der Waals surface area contributed by atoms with Crippen LogP contribution in [-0.2, 0) is 0 Å². The summed E-state index contributed by atoms with van der Waals surface area (Å²) in [6, 6.07) is 5.34. The highest BCUT2D eigenvalue weighted by atomic mass is 15.0.